The number of nitrogens with zero attached hydrogens (tertiary/aromatic N) is 5. The third-order valence-corrected chi connectivity index (χ3v) is 6.96. The molecule has 0 spiro atoms. The second-order valence-corrected chi connectivity index (χ2v) is 9.39. The zero-order chi connectivity index (χ0) is 23.1. The van der Waals surface area contributed by atoms with Crippen molar-refractivity contribution in [1.29, 1.82) is 5.26 Å². The lowest BCUT2D eigenvalue weighted by Gasteiger charge is -2.29. The first-order chi connectivity index (χ1) is 16.7. The Balaban J connectivity index is 0.00000253. The molecule has 0 bridgehead atoms. The van der Waals surface area contributed by atoms with Crippen molar-refractivity contribution in [2.75, 3.05) is 5.32 Å². The van der Waals surface area contributed by atoms with E-state index < -0.39 is 0 Å². The van der Waals surface area contributed by atoms with Crippen LogP contribution in [0, 0.1) is 11.3 Å². The summed E-state index contributed by atoms with van der Waals surface area (Å²) in [5.74, 6) is 1.89. The molecule has 6 rings (SSSR count). The Kier molecular flexibility index (Phi) is 6.42. The number of nitriles is 1. The van der Waals surface area contributed by atoms with Gasteiger partial charge in [0.1, 0.15) is 11.6 Å². The van der Waals surface area contributed by atoms with Crippen molar-refractivity contribution in [3.05, 3.63) is 66.1 Å². The van der Waals surface area contributed by atoms with Crippen LogP contribution < -0.4 is 5.32 Å². The summed E-state index contributed by atoms with van der Waals surface area (Å²) < 4.78 is 2.14. The van der Waals surface area contributed by atoms with E-state index in [0.29, 0.717) is 17.3 Å². The quantitative estimate of drug-likeness (QED) is 0.365. The third kappa shape index (κ3) is 4.72. The van der Waals surface area contributed by atoms with E-state index in [1.165, 1.54) is 18.4 Å². The van der Waals surface area contributed by atoms with Gasteiger partial charge in [0, 0.05) is 11.8 Å². The van der Waals surface area contributed by atoms with Crippen molar-refractivity contribution in [2.24, 2.45) is 0 Å². The number of hydrogen-bond acceptors (Lipinski definition) is 6. The second-order valence-electron chi connectivity index (χ2n) is 9.39. The number of imidazole rings is 1. The lowest BCUT2D eigenvalue weighted by atomic mass is 9.92. The number of aliphatic hydroxyl groups is 1. The lowest BCUT2D eigenvalue weighted by molar-refractivity contribution is 0.0773. The van der Waals surface area contributed by atoms with Crippen molar-refractivity contribution in [3.8, 4) is 17.3 Å². The number of halogens is 1. The van der Waals surface area contributed by atoms with E-state index in [-0.39, 0.29) is 24.6 Å². The molecule has 0 amide bonds. The number of aliphatic hydroxyl groups excluding tert-OH is 1. The predicted molar refractivity (Wildman–Crippen MR) is 138 cm³/mol. The van der Waals surface area contributed by atoms with Crippen LogP contribution in [0.15, 0.2) is 55.0 Å². The van der Waals surface area contributed by atoms with E-state index in [1.807, 2.05) is 6.33 Å². The largest absolute Gasteiger partial charge is 0.391 e. The van der Waals surface area contributed by atoms with Crippen LogP contribution in [0.2, 0.25) is 0 Å². The molecule has 2 atom stereocenters. The van der Waals surface area contributed by atoms with E-state index in [2.05, 4.69) is 56.3 Å². The number of hydrogen-bond donors (Lipinski definition) is 2. The van der Waals surface area contributed by atoms with Gasteiger partial charge >= 0.3 is 0 Å². The number of fused-ring (bicyclic) bond motifs is 1. The van der Waals surface area contributed by atoms with E-state index in [4.69, 9.17) is 4.98 Å². The third-order valence-electron chi connectivity index (χ3n) is 6.96. The van der Waals surface area contributed by atoms with Gasteiger partial charge in [0.15, 0.2) is 0 Å². The summed E-state index contributed by atoms with van der Waals surface area (Å²) >= 11 is 0. The molecule has 0 unspecified atom stereocenters. The molecule has 7 nitrogen and oxygen atoms in total. The fourth-order valence-electron chi connectivity index (χ4n) is 4.99. The van der Waals surface area contributed by atoms with Gasteiger partial charge in [-0.15, -0.1) is 12.4 Å². The van der Waals surface area contributed by atoms with Crippen molar-refractivity contribution < 1.29 is 5.11 Å². The Morgan fingerprint density at radius 2 is 1.83 bits per heavy atom. The molecule has 3 aromatic heterocycles. The second kappa shape index (κ2) is 9.65. The van der Waals surface area contributed by atoms with Crippen LogP contribution in [0.4, 0.5) is 11.6 Å². The summed E-state index contributed by atoms with van der Waals surface area (Å²) in [6, 6.07) is 16.2. The zero-order valence-corrected chi connectivity index (χ0v) is 20.1. The first-order valence-corrected chi connectivity index (χ1v) is 12.0. The first-order valence-electron chi connectivity index (χ1n) is 12.0. The first kappa shape index (κ1) is 23.3. The zero-order valence-electron chi connectivity index (χ0n) is 19.3. The average Bonchev–Trinajstić information content (AvgIpc) is 3.64. The maximum absolute atomic E-state index is 10.5. The van der Waals surface area contributed by atoms with Gasteiger partial charge < -0.3 is 15.0 Å². The molecular formula is C27H27ClN6O. The molecule has 0 radical (unpaired) electrons. The van der Waals surface area contributed by atoms with Crippen molar-refractivity contribution in [3.63, 3.8) is 0 Å². The van der Waals surface area contributed by atoms with E-state index in [0.717, 1.165) is 53.8 Å². The molecule has 2 N–H and O–H groups in total. The Morgan fingerprint density at radius 1 is 0.971 bits per heavy atom. The van der Waals surface area contributed by atoms with Gasteiger partial charge in [-0.3, -0.25) is 0 Å². The topological polar surface area (TPSA) is 99.7 Å². The highest BCUT2D eigenvalue weighted by Gasteiger charge is 2.27. The van der Waals surface area contributed by atoms with Crippen molar-refractivity contribution in [2.45, 2.75) is 56.6 Å². The molecule has 178 valence electrons. The van der Waals surface area contributed by atoms with Crippen LogP contribution in [0.5, 0.6) is 0 Å². The van der Waals surface area contributed by atoms with Gasteiger partial charge in [-0.1, -0.05) is 18.9 Å². The number of anilines is 2. The monoisotopic (exact) mass is 486 g/mol. The Morgan fingerprint density at radius 3 is 2.63 bits per heavy atom. The lowest BCUT2D eigenvalue weighted by Crippen LogP contribution is -2.27. The molecule has 35 heavy (non-hydrogen) atoms. The van der Waals surface area contributed by atoms with Crippen LogP contribution >= 0.6 is 12.4 Å². The highest BCUT2D eigenvalue weighted by atomic mass is 35.5. The minimum absolute atomic E-state index is 0. The number of aromatic nitrogens is 4. The summed E-state index contributed by atoms with van der Waals surface area (Å²) in [4.78, 5) is 13.9. The van der Waals surface area contributed by atoms with Gasteiger partial charge in [0.05, 0.1) is 46.8 Å². The maximum atomic E-state index is 10.5. The van der Waals surface area contributed by atoms with Crippen molar-refractivity contribution in [1.82, 2.24) is 19.5 Å². The maximum Gasteiger partial charge on any atom is 0.132 e. The normalized spacial score (nSPS) is 19.7. The standard InChI is InChI=1S/C27H26N6O.ClH/c28-15-17-9-10-29-26(11-17)32-27-14-20(18-5-6-18)13-21(31-27)19-7-8-23-22(12-19)30-16-33(23)24-3-1-2-4-25(24)34;/h7-14,16,18,24-25,34H,1-6H2,(H,29,31,32);1H/t24-,25-;/m1./s1. The Bertz CT molecular complexity index is 1410. The number of rotatable bonds is 5. The molecule has 2 fully saturated rings. The number of benzene rings is 1. The van der Waals surface area contributed by atoms with Crippen LogP contribution in [0.25, 0.3) is 22.3 Å². The molecule has 2 aliphatic carbocycles. The average molecular weight is 487 g/mol. The molecule has 2 saturated carbocycles. The number of pyridine rings is 2. The Labute approximate surface area is 210 Å². The van der Waals surface area contributed by atoms with Crippen LogP contribution in [0.3, 0.4) is 0 Å². The Hall–Kier alpha value is -3.47. The van der Waals surface area contributed by atoms with Gasteiger partial charge in [0.2, 0.25) is 0 Å². The van der Waals surface area contributed by atoms with E-state index in [1.54, 1.807) is 18.3 Å². The van der Waals surface area contributed by atoms with E-state index >= 15 is 0 Å². The van der Waals surface area contributed by atoms with Gasteiger partial charge in [-0.2, -0.15) is 5.26 Å². The predicted octanol–water partition coefficient (Wildman–Crippen LogP) is 5.88. The van der Waals surface area contributed by atoms with Gasteiger partial charge in [-0.25, -0.2) is 15.0 Å². The van der Waals surface area contributed by atoms with Gasteiger partial charge in [-0.05, 0) is 73.6 Å². The smallest absolute Gasteiger partial charge is 0.132 e. The SMILES string of the molecule is Cl.N#Cc1ccnc(Nc2cc(C3CC3)cc(-c3ccc4c(c3)ncn4[C@@H]3CCCC[C@H]3O)n2)c1. The van der Waals surface area contributed by atoms with Crippen LogP contribution in [-0.2, 0) is 0 Å². The summed E-state index contributed by atoms with van der Waals surface area (Å²) in [5.41, 5.74) is 5.67. The molecular weight excluding hydrogens is 460 g/mol. The van der Waals surface area contributed by atoms with Crippen LogP contribution in [-0.4, -0.2) is 30.7 Å². The number of nitrogens with one attached hydrogen (secondary N) is 1. The molecule has 4 aromatic rings. The fraction of sp³-hybridized carbons (Fsp3) is 0.333. The highest BCUT2D eigenvalue weighted by molar-refractivity contribution is 5.85. The fourth-order valence-corrected chi connectivity index (χ4v) is 4.99. The molecule has 0 saturated heterocycles. The van der Waals surface area contributed by atoms with E-state index in [9.17, 15) is 10.4 Å². The summed E-state index contributed by atoms with van der Waals surface area (Å²) in [6.07, 6.45) is 9.62. The highest BCUT2D eigenvalue weighted by Crippen LogP contribution is 2.42. The molecule has 1 aromatic carbocycles. The molecule has 3 heterocycles. The molecule has 2 aliphatic rings. The molecule has 0 aliphatic heterocycles. The van der Waals surface area contributed by atoms with Crippen molar-refractivity contribution >= 4 is 35.1 Å². The molecule has 8 heteroatoms. The summed E-state index contributed by atoms with van der Waals surface area (Å²) in [6.45, 7) is 0. The summed E-state index contributed by atoms with van der Waals surface area (Å²) in [7, 11) is 0. The minimum atomic E-state index is -0.315. The summed E-state index contributed by atoms with van der Waals surface area (Å²) in [5, 5.41) is 23.0. The van der Waals surface area contributed by atoms with Gasteiger partial charge in [0.25, 0.3) is 0 Å². The minimum Gasteiger partial charge on any atom is -0.391 e. The van der Waals surface area contributed by atoms with Crippen LogP contribution in [0.1, 0.15) is 61.6 Å².